The van der Waals surface area contributed by atoms with Gasteiger partial charge in [0.1, 0.15) is 0 Å². The molecule has 0 atom stereocenters. The fraction of sp³-hybridized carbons (Fsp3) is 0.875. The first-order valence-electron chi connectivity index (χ1n) is 8.37. The van der Waals surface area contributed by atoms with Gasteiger partial charge in [-0.15, -0.1) is 0 Å². The molecule has 0 saturated carbocycles. The molecular formula is C16H34N4O2S2. The van der Waals surface area contributed by atoms with Gasteiger partial charge >= 0.3 is 0 Å². The van der Waals surface area contributed by atoms with E-state index in [1.165, 1.54) is 0 Å². The average molecular weight is 379 g/mol. The zero-order chi connectivity index (χ0) is 18.6. The Labute approximate surface area is 157 Å². The number of hydrogen-bond acceptors (Lipinski definition) is 4. The molecule has 0 aromatic heterocycles. The standard InChI is InChI=1S/C16H34N4O2S2/c1-15(2,11-21)5-7-17-13(23)19-9-10-20-14(24)18-8-6-16(3,4)12-22/h21-22H,5-12H2,1-4H3,(H2,17,19,23)(H2,18,20,24). The molecule has 0 rings (SSSR count). The van der Waals surface area contributed by atoms with Gasteiger partial charge in [-0.05, 0) is 48.1 Å². The fourth-order valence-electron chi connectivity index (χ4n) is 1.66. The molecule has 0 unspecified atom stereocenters. The summed E-state index contributed by atoms with van der Waals surface area (Å²) in [4.78, 5) is 0. The average Bonchev–Trinajstić information content (AvgIpc) is 2.51. The summed E-state index contributed by atoms with van der Waals surface area (Å²) in [7, 11) is 0. The van der Waals surface area contributed by atoms with Gasteiger partial charge < -0.3 is 31.5 Å². The molecule has 0 spiro atoms. The Bertz CT molecular complexity index is 354. The molecule has 0 heterocycles. The van der Waals surface area contributed by atoms with Crippen molar-refractivity contribution in [1.82, 2.24) is 21.3 Å². The normalized spacial score (nSPS) is 11.8. The van der Waals surface area contributed by atoms with Crippen LogP contribution in [0.2, 0.25) is 0 Å². The Kier molecular flexibility index (Phi) is 11.4. The van der Waals surface area contributed by atoms with Crippen molar-refractivity contribution in [2.75, 3.05) is 39.4 Å². The van der Waals surface area contributed by atoms with Gasteiger partial charge in [0.25, 0.3) is 0 Å². The summed E-state index contributed by atoms with van der Waals surface area (Å²) in [6.45, 7) is 11.2. The Balaban J connectivity index is 3.64. The Morgan fingerprint density at radius 1 is 0.667 bits per heavy atom. The molecule has 0 aliphatic rings. The van der Waals surface area contributed by atoms with Crippen molar-refractivity contribution >= 4 is 34.7 Å². The van der Waals surface area contributed by atoms with Gasteiger partial charge in [0, 0.05) is 39.4 Å². The van der Waals surface area contributed by atoms with Crippen molar-refractivity contribution in [2.45, 2.75) is 40.5 Å². The minimum Gasteiger partial charge on any atom is -0.396 e. The van der Waals surface area contributed by atoms with E-state index in [0.29, 0.717) is 23.3 Å². The third-order valence-electron chi connectivity index (χ3n) is 3.73. The van der Waals surface area contributed by atoms with Crippen LogP contribution < -0.4 is 21.3 Å². The van der Waals surface area contributed by atoms with Gasteiger partial charge in [-0.3, -0.25) is 0 Å². The number of thiocarbonyl (C=S) groups is 2. The predicted molar refractivity (Wildman–Crippen MR) is 108 cm³/mol. The van der Waals surface area contributed by atoms with Crippen LogP contribution >= 0.6 is 24.4 Å². The highest BCUT2D eigenvalue weighted by Crippen LogP contribution is 2.18. The van der Waals surface area contributed by atoms with Crippen LogP contribution in [-0.4, -0.2) is 59.8 Å². The van der Waals surface area contributed by atoms with Gasteiger partial charge in [-0.1, -0.05) is 27.7 Å². The molecule has 0 aliphatic carbocycles. The minimum atomic E-state index is -0.0907. The predicted octanol–water partition coefficient (Wildman–Crippen LogP) is 0.732. The van der Waals surface area contributed by atoms with Gasteiger partial charge in [0.15, 0.2) is 10.2 Å². The fourth-order valence-corrected chi connectivity index (χ4v) is 2.07. The van der Waals surface area contributed by atoms with Crippen molar-refractivity contribution in [3.05, 3.63) is 0 Å². The highest BCUT2D eigenvalue weighted by molar-refractivity contribution is 7.80. The second-order valence-corrected chi connectivity index (χ2v) is 8.33. The van der Waals surface area contributed by atoms with E-state index in [2.05, 4.69) is 21.3 Å². The maximum atomic E-state index is 9.19. The van der Waals surface area contributed by atoms with Crippen LogP contribution in [0.15, 0.2) is 0 Å². The first-order valence-corrected chi connectivity index (χ1v) is 9.19. The SMILES string of the molecule is CC(C)(CO)CCNC(=S)NCCNC(=S)NCCC(C)(C)CO. The van der Waals surface area contributed by atoms with E-state index >= 15 is 0 Å². The van der Waals surface area contributed by atoms with E-state index in [0.717, 1.165) is 25.9 Å². The van der Waals surface area contributed by atoms with E-state index in [9.17, 15) is 10.2 Å². The number of aliphatic hydroxyl groups is 2. The lowest BCUT2D eigenvalue weighted by Gasteiger charge is -2.22. The van der Waals surface area contributed by atoms with E-state index in [1.807, 2.05) is 27.7 Å². The summed E-state index contributed by atoms with van der Waals surface area (Å²) in [5.74, 6) is 0. The van der Waals surface area contributed by atoms with Gasteiger partial charge in [-0.25, -0.2) is 0 Å². The summed E-state index contributed by atoms with van der Waals surface area (Å²) in [6.07, 6.45) is 1.70. The summed E-state index contributed by atoms with van der Waals surface area (Å²) < 4.78 is 0. The lowest BCUT2D eigenvalue weighted by atomic mass is 9.91. The number of aliphatic hydroxyl groups excluding tert-OH is 2. The number of hydrogen-bond donors (Lipinski definition) is 6. The minimum absolute atomic E-state index is 0.0907. The quantitative estimate of drug-likeness (QED) is 0.232. The van der Waals surface area contributed by atoms with E-state index < -0.39 is 0 Å². The second kappa shape index (κ2) is 11.8. The van der Waals surface area contributed by atoms with Crippen molar-refractivity contribution in [3.63, 3.8) is 0 Å². The third-order valence-corrected chi connectivity index (χ3v) is 4.30. The molecule has 0 bridgehead atoms. The molecule has 0 aliphatic heterocycles. The molecule has 0 saturated heterocycles. The number of nitrogens with one attached hydrogen (secondary N) is 4. The molecule has 0 amide bonds. The summed E-state index contributed by atoms with van der Waals surface area (Å²) in [5.41, 5.74) is -0.181. The van der Waals surface area contributed by atoms with Crippen LogP contribution in [0.1, 0.15) is 40.5 Å². The first kappa shape index (κ1) is 23.3. The molecule has 0 radical (unpaired) electrons. The maximum Gasteiger partial charge on any atom is 0.166 e. The van der Waals surface area contributed by atoms with Gasteiger partial charge in [0.05, 0.1) is 0 Å². The molecule has 142 valence electrons. The van der Waals surface area contributed by atoms with Crippen LogP contribution in [0, 0.1) is 10.8 Å². The molecule has 0 fully saturated rings. The van der Waals surface area contributed by atoms with Crippen LogP contribution in [-0.2, 0) is 0 Å². The zero-order valence-electron chi connectivity index (χ0n) is 15.4. The topological polar surface area (TPSA) is 88.6 Å². The number of rotatable bonds is 11. The first-order chi connectivity index (χ1) is 11.1. The highest BCUT2D eigenvalue weighted by Gasteiger charge is 2.16. The van der Waals surface area contributed by atoms with Gasteiger partial charge in [0.2, 0.25) is 0 Å². The summed E-state index contributed by atoms with van der Waals surface area (Å²) in [6, 6.07) is 0. The smallest absolute Gasteiger partial charge is 0.166 e. The van der Waals surface area contributed by atoms with Crippen LogP contribution in [0.25, 0.3) is 0 Å². The maximum absolute atomic E-state index is 9.19. The third kappa shape index (κ3) is 12.7. The molecule has 0 aromatic carbocycles. The highest BCUT2D eigenvalue weighted by atomic mass is 32.1. The van der Waals surface area contributed by atoms with Gasteiger partial charge in [-0.2, -0.15) is 0 Å². The largest absolute Gasteiger partial charge is 0.396 e. The Hall–Kier alpha value is -0.700. The van der Waals surface area contributed by atoms with E-state index in [4.69, 9.17) is 24.4 Å². The Morgan fingerprint density at radius 3 is 1.25 bits per heavy atom. The zero-order valence-corrected chi connectivity index (χ0v) is 17.0. The molecule has 24 heavy (non-hydrogen) atoms. The lowest BCUT2D eigenvalue weighted by Crippen LogP contribution is -2.43. The van der Waals surface area contributed by atoms with Crippen molar-refractivity contribution in [1.29, 1.82) is 0 Å². The van der Waals surface area contributed by atoms with Crippen molar-refractivity contribution in [2.24, 2.45) is 10.8 Å². The lowest BCUT2D eigenvalue weighted by molar-refractivity contribution is 0.151. The second-order valence-electron chi connectivity index (χ2n) is 7.51. The summed E-state index contributed by atoms with van der Waals surface area (Å²) >= 11 is 10.4. The molecular weight excluding hydrogens is 344 g/mol. The molecule has 6 N–H and O–H groups in total. The molecule has 8 heteroatoms. The van der Waals surface area contributed by atoms with Crippen LogP contribution in [0.3, 0.4) is 0 Å². The van der Waals surface area contributed by atoms with Crippen LogP contribution in [0.4, 0.5) is 0 Å². The monoisotopic (exact) mass is 378 g/mol. The van der Waals surface area contributed by atoms with Crippen LogP contribution in [0.5, 0.6) is 0 Å². The molecule has 0 aromatic rings. The van der Waals surface area contributed by atoms with Crippen molar-refractivity contribution < 1.29 is 10.2 Å². The summed E-state index contributed by atoms with van der Waals surface area (Å²) in [5, 5.41) is 32.1. The van der Waals surface area contributed by atoms with Crippen molar-refractivity contribution in [3.8, 4) is 0 Å². The Morgan fingerprint density at radius 2 is 0.958 bits per heavy atom. The van der Waals surface area contributed by atoms with E-state index in [1.54, 1.807) is 0 Å². The molecule has 6 nitrogen and oxygen atoms in total. The van der Waals surface area contributed by atoms with E-state index in [-0.39, 0.29) is 24.0 Å².